The van der Waals surface area contributed by atoms with E-state index in [0.717, 1.165) is 47.7 Å². The zero-order chi connectivity index (χ0) is 30.6. The zero-order valence-corrected chi connectivity index (χ0v) is 24.1. The molecule has 1 atom stereocenters. The molecule has 43 heavy (non-hydrogen) atoms. The van der Waals surface area contributed by atoms with Crippen LogP contribution in [0.2, 0.25) is 0 Å². The van der Waals surface area contributed by atoms with Crippen molar-refractivity contribution in [3.05, 3.63) is 90.0 Å². The Bertz CT molecular complexity index is 1450. The number of urea groups is 1. The van der Waals surface area contributed by atoms with Crippen molar-refractivity contribution >= 4 is 29.0 Å². The van der Waals surface area contributed by atoms with Crippen LogP contribution in [0.4, 0.5) is 29.3 Å². The minimum absolute atomic E-state index is 0.0449. The van der Waals surface area contributed by atoms with E-state index in [2.05, 4.69) is 27.0 Å². The first-order valence-corrected chi connectivity index (χ1v) is 14.2. The molecule has 11 heteroatoms. The summed E-state index contributed by atoms with van der Waals surface area (Å²) in [5, 5.41) is 7.58. The van der Waals surface area contributed by atoms with Crippen LogP contribution in [-0.2, 0) is 11.0 Å². The largest absolute Gasteiger partial charge is 0.416 e. The first-order chi connectivity index (χ1) is 20.6. The molecule has 3 N–H and O–H groups in total. The van der Waals surface area contributed by atoms with Crippen molar-refractivity contribution < 1.29 is 22.8 Å². The molecule has 2 heterocycles. The van der Waals surface area contributed by atoms with Gasteiger partial charge in [-0.1, -0.05) is 36.4 Å². The van der Waals surface area contributed by atoms with Gasteiger partial charge < -0.3 is 20.4 Å². The lowest BCUT2D eigenvalue weighted by Crippen LogP contribution is -2.48. The molecule has 1 unspecified atom stereocenters. The fourth-order valence-electron chi connectivity index (χ4n) is 5.13. The SMILES string of the molecule is CNC(=O)CCC1C=C(c2ccc(-c3ccc(C(F)(F)F)cc3)cc2)N(c2ccc(NC(=O)N3CCN(C)CC3)cc2)N1. The monoisotopic (exact) mass is 592 g/mol. The Morgan fingerprint density at radius 3 is 2.02 bits per heavy atom. The summed E-state index contributed by atoms with van der Waals surface area (Å²) in [5.74, 6) is -0.0449. The standard InChI is InChI=1S/C32H35F3N6O2/c1-36-30(42)16-13-27-21-29(24-5-3-22(4-6-24)23-7-9-25(10-8-23)32(33,34)35)41(38-27)28-14-11-26(12-15-28)37-31(43)40-19-17-39(2)18-20-40/h3-12,14-15,21,27,38H,13,16-20H2,1-2H3,(H,36,42)(H,37,43). The number of hydrogen-bond acceptors (Lipinski definition) is 5. The van der Waals surface area contributed by atoms with E-state index in [1.165, 1.54) is 12.1 Å². The number of hydrogen-bond donors (Lipinski definition) is 3. The zero-order valence-electron chi connectivity index (χ0n) is 24.1. The van der Waals surface area contributed by atoms with Gasteiger partial charge in [-0.05, 0) is 72.6 Å². The number of piperazine rings is 1. The molecule has 1 fully saturated rings. The molecule has 0 bridgehead atoms. The Hall–Kier alpha value is -4.35. The molecule has 226 valence electrons. The summed E-state index contributed by atoms with van der Waals surface area (Å²) in [6, 6.07) is 20.1. The van der Waals surface area contributed by atoms with Crippen LogP contribution in [0.1, 0.15) is 24.0 Å². The molecule has 0 aliphatic carbocycles. The molecule has 0 saturated carbocycles. The van der Waals surface area contributed by atoms with Crippen molar-refractivity contribution in [2.75, 3.05) is 50.6 Å². The fourth-order valence-corrected chi connectivity index (χ4v) is 5.13. The lowest BCUT2D eigenvalue weighted by atomic mass is 10.0. The van der Waals surface area contributed by atoms with E-state index in [9.17, 15) is 22.8 Å². The summed E-state index contributed by atoms with van der Waals surface area (Å²) in [6.45, 7) is 3.05. The van der Waals surface area contributed by atoms with E-state index in [1.54, 1.807) is 7.05 Å². The summed E-state index contributed by atoms with van der Waals surface area (Å²) in [7, 11) is 3.65. The number of rotatable bonds is 7. The average Bonchev–Trinajstić information content (AvgIpc) is 3.44. The second kappa shape index (κ2) is 12.9. The van der Waals surface area contributed by atoms with E-state index in [1.807, 2.05) is 65.5 Å². The van der Waals surface area contributed by atoms with Gasteiger partial charge in [0.25, 0.3) is 0 Å². The first-order valence-electron chi connectivity index (χ1n) is 14.2. The van der Waals surface area contributed by atoms with E-state index >= 15 is 0 Å². The highest BCUT2D eigenvalue weighted by molar-refractivity contribution is 5.90. The molecule has 0 aromatic heterocycles. The van der Waals surface area contributed by atoms with Crippen LogP contribution in [0.25, 0.3) is 16.8 Å². The summed E-state index contributed by atoms with van der Waals surface area (Å²) < 4.78 is 38.9. The van der Waals surface area contributed by atoms with Crippen molar-refractivity contribution in [2.24, 2.45) is 0 Å². The summed E-state index contributed by atoms with van der Waals surface area (Å²) in [5.41, 5.74) is 7.60. The summed E-state index contributed by atoms with van der Waals surface area (Å²) >= 11 is 0. The van der Waals surface area contributed by atoms with Gasteiger partial charge in [0.1, 0.15) is 0 Å². The van der Waals surface area contributed by atoms with Gasteiger partial charge in [0.15, 0.2) is 0 Å². The minimum Gasteiger partial charge on any atom is -0.359 e. The maximum atomic E-state index is 13.0. The molecule has 5 rings (SSSR count). The van der Waals surface area contributed by atoms with Crippen LogP contribution in [0.15, 0.2) is 78.9 Å². The number of nitrogens with one attached hydrogen (secondary N) is 3. The van der Waals surface area contributed by atoms with Crippen molar-refractivity contribution in [3.63, 3.8) is 0 Å². The number of likely N-dealkylation sites (N-methyl/N-ethyl adjacent to an activating group) is 1. The number of benzene rings is 3. The van der Waals surface area contributed by atoms with Crippen LogP contribution in [0.5, 0.6) is 0 Å². The van der Waals surface area contributed by atoms with Crippen LogP contribution < -0.4 is 21.1 Å². The number of halogens is 3. The number of hydrazine groups is 1. The molecular weight excluding hydrogens is 557 g/mol. The predicted molar refractivity (Wildman–Crippen MR) is 162 cm³/mol. The van der Waals surface area contributed by atoms with E-state index in [0.29, 0.717) is 37.2 Å². The fraction of sp³-hybridized carbons (Fsp3) is 0.312. The number of anilines is 2. The minimum atomic E-state index is -4.38. The lowest BCUT2D eigenvalue weighted by Gasteiger charge is -2.32. The van der Waals surface area contributed by atoms with Gasteiger partial charge >= 0.3 is 12.2 Å². The molecule has 2 aliphatic rings. The second-order valence-electron chi connectivity index (χ2n) is 10.8. The average molecular weight is 593 g/mol. The molecule has 2 aliphatic heterocycles. The Morgan fingerprint density at radius 2 is 1.44 bits per heavy atom. The van der Waals surface area contributed by atoms with Crippen molar-refractivity contribution in [1.82, 2.24) is 20.5 Å². The molecule has 0 radical (unpaired) electrons. The van der Waals surface area contributed by atoms with Gasteiger partial charge in [-0.15, -0.1) is 0 Å². The Balaban J connectivity index is 1.33. The molecular formula is C32H35F3N6O2. The number of carbonyl (C=O) groups is 2. The molecule has 0 spiro atoms. The Kier molecular flexibility index (Phi) is 9.02. The number of amides is 3. The van der Waals surface area contributed by atoms with Crippen LogP contribution in [0.3, 0.4) is 0 Å². The highest BCUT2D eigenvalue weighted by Crippen LogP contribution is 2.34. The van der Waals surface area contributed by atoms with Gasteiger partial charge in [-0.3, -0.25) is 9.80 Å². The lowest BCUT2D eigenvalue weighted by molar-refractivity contribution is -0.137. The Labute approximate surface area is 249 Å². The van der Waals surface area contributed by atoms with Gasteiger partial charge in [0.2, 0.25) is 5.91 Å². The maximum Gasteiger partial charge on any atom is 0.416 e. The molecule has 3 aromatic rings. The molecule has 3 aromatic carbocycles. The van der Waals surface area contributed by atoms with E-state index < -0.39 is 11.7 Å². The molecule has 1 saturated heterocycles. The van der Waals surface area contributed by atoms with Crippen molar-refractivity contribution in [1.29, 1.82) is 0 Å². The third-order valence-corrected chi connectivity index (χ3v) is 7.75. The number of carbonyl (C=O) groups excluding carboxylic acids is 2. The third kappa shape index (κ3) is 7.36. The van der Waals surface area contributed by atoms with Crippen molar-refractivity contribution in [2.45, 2.75) is 25.1 Å². The quantitative estimate of drug-likeness (QED) is 0.342. The van der Waals surface area contributed by atoms with Crippen molar-refractivity contribution in [3.8, 4) is 11.1 Å². The molecule has 8 nitrogen and oxygen atoms in total. The third-order valence-electron chi connectivity index (χ3n) is 7.75. The van der Waals surface area contributed by atoms with Gasteiger partial charge in [-0.25, -0.2) is 10.2 Å². The molecule has 3 amide bonds. The second-order valence-corrected chi connectivity index (χ2v) is 10.8. The highest BCUT2D eigenvalue weighted by atomic mass is 19.4. The van der Waals surface area contributed by atoms with E-state index in [-0.39, 0.29) is 18.0 Å². The Morgan fingerprint density at radius 1 is 0.860 bits per heavy atom. The smallest absolute Gasteiger partial charge is 0.359 e. The first kappa shape index (κ1) is 30.1. The normalized spacial score (nSPS) is 17.5. The highest BCUT2D eigenvalue weighted by Gasteiger charge is 2.30. The van der Waals surface area contributed by atoms with Crippen LogP contribution in [-0.4, -0.2) is 68.1 Å². The van der Waals surface area contributed by atoms with E-state index in [4.69, 9.17) is 0 Å². The van der Waals surface area contributed by atoms with Gasteiger partial charge in [-0.2, -0.15) is 13.2 Å². The summed E-state index contributed by atoms with van der Waals surface area (Å²) in [6.07, 6.45) is -1.37. The number of nitrogens with zero attached hydrogens (tertiary/aromatic N) is 3. The summed E-state index contributed by atoms with van der Waals surface area (Å²) in [4.78, 5) is 28.6. The van der Waals surface area contributed by atoms with Gasteiger partial charge in [0.05, 0.1) is 16.9 Å². The topological polar surface area (TPSA) is 80.0 Å². The number of alkyl halides is 3. The van der Waals surface area contributed by atoms with Gasteiger partial charge in [0, 0.05) is 51.4 Å². The van der Waals surface area contributed by atoms with Crippen LogP contribution >= 0.6 is 0 Å². The maximum absolute atomic E-state index is 13.0. The predicted octanol–water partition coefficient (Wildman–Crippen LogP) is 5.41. The van der Waals surface area contributed by atoms with Crippen LogP contribution in [0, 0.1) is 0 Å².